The Morgan fingerprint density at radius 2 is 1.94 bits per heavy atom. The molecule has 5 nitrogen and oxygen atoms in total. The van der Waals surface area contributed by atoms with Gasteiger partial charge in [-0.1, -0.05) is 12.1 Å². The summed E-state index contributed by atoms with van der Waals surface area (Å²) in [6, 6.07) is 7.10. The van der Waals surface area contributed by atoms with E-state index in [1.165, 1.54) is 24.4 Å². The molecule has 0 atom stereocenters. The van der Waals surface area contributed by atoms with E-state index in [0.29, 0.717) is 0 Å². The lowest BCUT2D eigenvalue weighted by molar-refractivity contribution is -0.384. The van der Waals surface area contributed by atoms with Crippen LogP contribution in [0.2, 0.25) is 0 Å². The average Bonchev–Trinajstić information content (AvgIpc) is 2.32. The molecule has 0 aliphatic rings. The summed E-state index contributed by atoms with van der Waals surface area (Å²) >= 11 is 0. The Morgan fingerprint density at radius 1 is 1.28 bits per heavy atom. The van der Waals surface area contributed by atoms with Crippen molar-refractivity contribution in [3.05, 3.63) is 63.7 Å². The quantitative estimate of drug-likeness (QED) is 0.666. The van der Waals surface area contributed by atoms with E-state index in [9.17, 15) is 14.5 Å². The van der Waals surface area contributed by atoms with Gasteiger partial charge in [0.05, 0.1) is 4.92 Å². The van der Waals surface area contributed by atoms with Gasteiger partial charge in [-0.05, 0) is 23.8 Å². The van der Waals surface area contributed by atoms with E-state index in [0.717, 1.165) is 5.56 Å². The zero-order valence-corrected chi connectivity index (χ0v) is 9.34. The highest BCUT2D eigenvalue weighted by atomic mass is 19.1. The van der Waals surface area contributed by atoms with Crippen LogP contribution in [-0.2, 0) is 6.42 Å². The number of benzene rings is 1. The molecule has 0 radical (unpaired) electrons. The van der Waals surface area contributed by atoms with Gasteiger partial charge in [0.15, 0.2) is 0 Å². The summed E-state index contributed by atoms with van der Waals surface area (Å²) < 4.78 is 12.8. The molecule has 0 aliphatic heterocycles. The van der Waals surface area contributed by atoms with E-state index >= 15 is 0 Å². The number of nitro groups is 1. The maximum Gasteiger partial charge on any atom is 0.313 e. The summed E-state index contributed by atoms with van der Waals surface area (Å²) in [5.41, 5.74) is 6.45. The molecule has 18 heavy (non-hydrogen) atoms. The first-order valence-corrected chi connectivity index (χ1v) is 5.20. The predicted molar refractivity (Wildman–Crippen MR) is 64.5 cm³/mol. The van der Waals surface area contributed by atoms with Crippen molar-refractivity contribution in [2.75, 3.05) is 5.73 Å². The summed E-state index contributed by atoms with van der Waals surface area (Å²) in [4.78, 5) is 14.3. The summed E-state index contributed by atoms with van der Waals surface area (Å²) in [5, 5.41) is 10.9. The third-order valence-electron chi connectivity index (χ3n) is 2.50. The van der Waals surface area contributed by atoms with Crippen LogP contribution in [-0.4, -0.2) is 9.91 Å². The van der Waals surface area contributed by atoms with Gasteiger partial charge >= 0.3 is 5.69 Å². The number of hydrogen-bond acceptors (Lipinski definition) is 4. The summed E-state index contributed by atoms with van der Waals surface area (Å²) in [5.74, 6) is -0.353. The van der Waals surface area contributed by atoms with Crippen LogP contribution in [0.1, 0.15) is 11.3 Å². The molecule has 2 rings (SSSR count). The molecule has 2 N–H and O–H groups in total. The normalized spacial score (nSPS) is 10.3. The van der Waals surface area contributed by atoms with Crippen molar-refractivity contribution in [1.82, 2.24) is 4.98 Å². The highest BCUT2D eigenvalue weighted by molar-refractivity contribution is 5.60. The minimum Gasteiger partial charge on any atom is -0.393 e. The van der Waals surface area contributed by atoms with E-state index in [4.69, 9.17) is 5.73 Å². The van der Waals surface area contributed by atoms with Crippen LogP contribution in [0.4, 0.5) is 15.8 Å². The lowest BCUT2D eigenvalue weighted by Crippen LogP contribution is -2.03. The summed E-state index contributed by atoms with van der Waals surface area (Å²) in [7, 11) is 0. The predicted octanol–water partition coefficient (Wildman–Crippen LogP) is 2.30. The van der Waals surface area contributed by atoms with Crippen LogP contribution < -0.4 is 5.73 Å². The van der Waals surface area contributed by atoms with Crippen LogP contribution in [0.3, 0.4) is 0 Å². The fraction of sp³-hybridized carbons (Fsp3) is 0.0833. The Hall–Kier alpha value is -2.50. The first kappa shape index (κ1) is 12.0. The Morgan fingerprint density at radius 3 is 2.56 bits per heavy atom. The maximum absolute atomic E-state index is 12.8. The molecular weight excluding hydrogens is 237 g/mol. The molecule has 0 amide bonds. The van der Waals surface area contributed by atoms with Crippen LogP contribution in [0.25, 0.3) is 0 Å². The fourth-order valence-electron chi connectivity index (χ4n) is 1.65. The highest BCUT2D eigenvalue weighted by Gasteiger charge is 2.19. The van der Waals surface area contributed by atoms with Crippen molar-refractivity contribution >= 4 is 11.4 Å². The second-order valence-electron chi connectivity index (χ2n) is 3.76. The van der Waals surface area contributed by atoms with Gasteiger partial charge in [-0.15, -0.1) is 0 Å². The SMILES string of the molecule is Nc1ccnc(Cc2ccc(F)cc2)c1[N+](=O)[O-]. The standard InChI is InChI=1S/C12H10FN3O2/c13-9-3-1-8(2-4-9)7-11-12(16(17)18)10(14)5-6-15-11/h1-6H,7H2,(H2,14,15). The molecule has 1 heterocycles. The van der Waals surface area contributed by atoms with Crippen molar-refractivity contribution in [1.29, 1.82) is 0 Å². The minimum atomic E-state index is -0.554. The van der Waals surface area contributed by atoms with E-state index < -0.39 is 4.92 Å². The Balaban J connectivity index is 2.37. The molecule has 92 valence electrons. The van der Waals surface area contributed by atoms with Gasteiger partial charge < -0.3 is 5.73 Å². The summed E-state index contributed by atoms with van der Waals surface area (Å²) in [6.45, 7) is 0. The lowest BCUT2D eigenvalue weighted by atomic mass is 10.1. The van der Waals surface area contributed by atoms with E-state index in [1.807, 2.05) is 0 Å². The lowest BCUT2D eigenvalue weighted by Gasteiger charge is -2.04. The number of nitrogen functional groups attached to an aromatic ring is 1. The Bertz CT molecular complexity index is 584. The molecule has 0 unspecified atom stereocenters. The van der Waals surface area contributed by atoms with E-state index in [1.54, 1.807) is 12.1 Å². The largest absolute Gasteiger partial charge is 0.393 e. The number of nitrogens with two attached hydrogens (primary N) is 1. The molecule has 6 heteroatoms. The number of halogens is 1. The summed E-state index contributed by atoms with van der Waals surface area (Å²) in [6.07, 6.45) is 1.66. The van der Waals surface area contributed by atoms with Gasteiger partial charge in [-0.2, -0.15) is 0 Å². The van der Waals surface area contributed by atoms with Crippen LogP contribution >= 0.6 is 0 Å². The maximum atomic E-state index is 12.8. The number of aromatic nitrogens is 1. The van der Waals surface area contributed by atoms with Crippen molar-refractivity contribution < 1.29 is 9.31 Å². The smallest absolute Gasteiger partial charge is 0.313 e. The van der Waals surface area contributed by atoms with Gasteiger partial charge in [-0.25, -0.2) is 4.39 Å². The molecule has 2 aromatic rings. The van der Waals surface area contributed by atoms with Gasteiger partial charge in [0, 0.05) is 12.6 Å². The number of hydrogen-bond donors (Lipinski definition) is 1. The topological polar surface area (TPSA) is 82.0 Å². The second kappa shape index (κ2) is 4.79. The monoisotopic (exact) mass is 247 g/mol. The Labute approximate surface area is 102 Å². The second-order valence-corrected chi connectivity index (χ2v) is 3.76. The molecule has 0 fully saturated rings. The van der Waals surface area contributed by atoms with Crippen molar-refractivity contribution in [3.8, 4) is 0 Å². The molecule has 0 saturated carbocycles. The fourth-order valence-corrected chi connectivity index (χ4v) is 1.65. The zero-order chi connectivity index (χ0) is 13.1. The van der Waals surface area contributed by atoms with Gasteiger partial charge in [0.2, 0.25) is 0 Å². The molecule has 0 spiro atoms. The third-order valence-corrected chi connectivity index (χ3v) is 2.50. The highest BCUT2D eigenvalue weighted by Crippen LogP contribution is 2.25. The minimum absolute atomic E-state index is 0.0760. The number of anilines is 1. The molecule has 0 bridgehead atoms. The van der Waals surface area contributed by atoms with E-state index in [-0.39, 0.29) is 29.3 Å². The van der Waals surface area contributed by atoms with Crippen molar-refractivity contribution in [3.63, 3.8) is 0 Å². The molecule has 1 aromatic carbocycles. The van der Waals surface area contributed by atoms with E-state index in [2.05, 4.69) is 4.98 Å². The molecular formula is C12H10FN3O2. The van der Waals surface area contributed by atoms with Gasteiger partial charge in [-0.3, -0.25) is 15.1 Å². The Kier molecular flexibility index (Phi) is 3.18. The zero-order valence-electron chi connectivity index (χ0n) is 9.34. The van der Waals surface area contributed by atoms with Crippen LogP contribution in [0, 0.1) is 15.9 Å². The van der Waals surface area contributed by atoms with Gasteiger partial charge in [0.25, 0.3) is 0 Å². The van der Waals surface area contributed by atoms with Crippen molar-refractivity contribution in [2.45, 2.75) is 6.42 Å². The molecule has 1 aromatic heterocycles. The number of nitrogens with zero attached hydrogens (tertiary/aromatic N) is 2. The van der Waals surface area contributed by atoms with Gasteiger partial charge in [0.1, 0.15) is 17.2 Å². The number of pyridine rings is 1. The number of rotatable bonds is 3. The first-order chi connectivity index (χ1) is 8.58. The van der Waals surface area contributed by atoms with Crippen LogP contribution in [0.5, 0.6) is 0 Å². The molecule has 0 aliphatic carbocycles. The van der Waals surface area contributed by atoms with Crippen molar-refractivity contribution in [2.24, 2.45) is 0 Å². The average molecular weight is 247 g/mol. The first-order valence-electron chi connectivity index (χ1n) is 5.20. The third kappa shape index (κ3) is 2.42. The van der Waals surface area contributed by atoms with Crippen LogP contribution in [0.15, 0.2) is 36.5 Å². The molecule has 0 saturated heterocycles.